The van der Waals surface area contributed by atoms with Crippen molar-refractivity contribution in [2.24, 2.45) is 5.92 Å². The highest BCUT2D eigenvalue weighted by molar-refractivity contribution is 5.88. The Labute approximate surface area is 145 Å². The molecule has 6 nitrogen and oxygen atoms in total. The van der Waals surface area contributed by atoms with Crippen LogP contribution >= 0.6 is 0 Å². The number of rotatable bonds is 5. The summed E-state index contributed by atoms with van der Waals surface area (Å²) in [7, 11) is 0. The minimum Gasteiger partial charge on any atom is -0.460 e. The number of aromatic nitrogens is 3. The second-order valence-corrected chi connectivity index (χ2v) is 6.27. The third-order valence-corrected chi connectivity index (χ3v) is 4.59. The second-order valence-electron chi connectivity index (χ2n) is 6.27. The van der Waals surface area contributed by atoms with Crippen molar-refractivity contribution in [3.8, 4) is 0 Å². The number of hydrogen-bond donors (Lipinski definition) is 0. The van der Waals surface area contributed by atoms with E-state index in [2.05, 4.69) is 10.3 Å². The molecule has 1 aromatic heterocycles. The Bertz CT molecular complexity index is 760. The van der Waals surface area contributed by atoms with Crippen molar-refractivity contribution in [2.45, 2.75) is 38.6 Å². The van der Waals surface area contributed by atoms with Gasteiger partial charge in [0.05, 0.1) is 12.0 Å². The molecule has 0 radical (unpaired) electrons. The smallest absolute Gasteiger partial charge is 0.361 e. The molecule has 7 heteroatoms. The number of nitrogens with zero attached hydrogens (tertiary/aromatic N) is 3. The summed E-state index contributed by atoms with van der Waals surface area (Å²) in [6.45, 7) is 1.77. The highest BCUT2D eigenvalue weighted by Crippen LogP contribution is 2.23. The molecular weight excluding hydrogens is 325 g/mol. The summed E-state index contributed by atoms with van der Waals surface area (Å²) in [5.41, 5.74) is 0.545. The largest absolute Gasteiger partial charge is 0.460 e. The molecule has 132 valence electrons. The number of esters is 1. The van der Waals surface area contributed by atoms with Gasteiger partial charge in [-0.1, -0.05) is 47.1 Å². The fraction of sp³-hybridized carbons (Fsp3) is 0.444. The number of carbonyl (C=O) groups excluding carboxylic acids is 2. The average Bonchev–Trinajstić information content (AvgIpc) is 3.02. The van der Waals surface area contributed by atoms with Gasteiger partial charge in [0.2, 0.25) is 5.69 Å². The van der Waals surface area contributed by atoms with Crippen LogP contribution in [0.2, 0.25) is 0 Å². The van der Waals surface area contributed by atoms with Gasteiger partial charge in [-0.15, -0.1) is 0 Å². The number of halogens is 1. The van der Waals surface area contributed by atoms with E-state index in [1.54, 1.807) is 6.92 Å². The van der Waals surface area contributed by atoms with Crippen molar-refractivity contribution < 1.29 is 18.7 Å². The molecule has 25 heavy (non-hydrogen) atoms. The van der Waals surface area contributed by atoms with Crippen molar-refractivity contribution in [1.82, 2.24) is 15.0 Å². The Hall–Kier alpha value is -2.57. The lowest BCUT2D eigenvalue weighted by Gasteiger charge is -2.20. The number of Topliss-reactive ketones (excluding diaryl/α,β-unsaturated/α-hetero) is 1. The molecule has 0 amide bonds. The van der Waals surface area contributed by atoms with Crippen LogP contribution in [0.25, 0.3) is 0 Å². The van der Waals surface area contributed by atoms with Crippen LogP contribution in [0.15, 0.2) is 30.3 Å². The maximum atomic E-state index is 14.0. The summed E-state index contributed by atoms with van der Waals surface area (Å²) < 4.78 is 20.4. The lowest BCUT2D eigenvalue weighted by molar-refractivity contribution is -0.125. The van der Waals surface area contributed by atoms with Crippen LogP contribution < -0.4 is 0 Å². The van der Waals surface area contributed by atoms with Gasteiger partial charge in [-0.25, -0.2) is 9.48 Å². The molecule has 0 saturated heterocycles. The molecule has 1 saturated carbocycles. The molecular formula is C18H20FN3O3. The quantitative estimate of drug-likeness (QED) is 0.779. The van der Waals surface area contributed by atoms with Gasteiger partial charge in [-0.2, -0.15) is 4.39 Å². The van der Waals surface area contributed by atoms with Gasteiger partial charge in [-0.3, -0.25) is 4.79 Å². The second kappa shape index (κ2) is 7.55. The van der Waals surface area contributed by atoms with Crippen LogP contribution in [0.4, 0.5) is 4.39 Å². The van der Waals surface area contributed by atoms with E-state index in [-0.39, 0.29) is 30.0 Å². The van der Waals surface area contributed by atoms with E-state index in [1.165, 1.54) is 4.68 Å². The molecule has 1 aromatic carbocycles. The summed E-state index contributed by atoms with van der Waals surface area (Å²) in [6, 6.07) is 8.92. The third kappa shape index (κ3) is 3.75. The van der Waals surface area contributed by atoms with E-state index >= 15 is 0 Å². The minimum atomic E-state index is -0.970. The Kier molecular flexibility index (Phi) is 5.21. The van der Waals surface area contributed by atoms with E-state index in [0.29, 0.717) is 12.8 Å². The van der Waals surface area contributed by atoms with E-state index in [4.69, 9.17) is 4.74 Å². The molecule has 0 bridgehead atoms. The Balaban J connectivity index is 1.74. The first-order chi connectivity index (χ1) is 12.1. The number of ketones is 1. The summed E-state index contributed by atoms with van der Waals surface area (Å²) >= 11 is 0. The molecule has 1 fully saturated rings. The molecule has 1 unspecified atom stereocenters. The predicted octanol–water partition coefficient (Wildman–Crippen LogP) is 2.94. The fourth-order valence-electron chi connectivity index (χ4n) is 3.07. The van der Waals surface area contributed by atoms with Crippen molar-refractivity contribution >= 4 is 11.8 Å². The van der Waals surface area contributed by atoms with Crippen LogP contribution in [0.3, 0.4) is 0 Å². The zero-order valence-electron chi connectivity index (χ0n) is 14.0. The van der Waals surface area contributed by atoms with Gasteiger partial charge >= 0.3 is 5.97 Å². The van der Waals surface area contributed by atoms with Gasteiger partial charge in [0, 0.05) is 6.42 Å². The molecule has 1 aliphatic carbocycles. The van der Waals surface area contributed by atoms with Crippen LogP contribution in [-0.4, -0.2) is 33.4 Å². The van der Waals surface area contributed by atoms with Crippen LogP contribution in [0.1, 0.15) is 54.7 Å². The highest BCUT2D eigenvalue weighted by atomic mass is 19.1. The first kappa shape index (κ1) is 17.3. The first-order valence-electron chi connectivity index (χ1n) is 8.43. The Morgan fingerprint density at radius 1 is 1.36 bits per heavy atom. The maximum Gasteiger partial charge on any atom is 0.361 e. The molecule has 2 atom stereocenters. The van der Waals surface area contributed by atoms with Gasteiger partial charge in [0.15, 0.2) is 0 Å². The van der Waals surface area contributed by atoms with Crippen LogP contribution in [-0.2, 0) is 9.53 Å². The van der Waals surface area contributed by atoms with E-state index in [9.17, 15) is 14.0 Å². The zero-order chi connectivity index (χ0) is 17.8. The monoisotopic (exact) mass is 345 g/mol. The molecule has 2 aromatic rings. The molecule has 0 aliphatic heterocycles. The summed E-state index contributed by atoms with van der Waals surface area (Å²) in [5, 5.41) is 7.12. The number of benzene rings is 1. The summed E-state index contributed by atoms with van der Waals surface area (Å²) in [6.07, 6.45) is 3.03. The summed E-state index contributed by atoms with van der Waals surface area (Å²) in [4.78, 5) is 24.2. The maximum absolute atomic E-state index is 14.0. The van der Waals surface area contributed by atoms with Crippen molar-refractivity contribution in [1.29, 1.82) is 0 Å². The SMILES string of the molecule is C[C@H](c1ccccc1)n1nnc(F)c1C(=O)OCC1CCCCC1=O. The van der Waals surface area contributed by atoms with Crippen LogP contribution in [0, 0.1) is 11.9 Å². The highest BCUT2D eigenvalue weighted by Gasteiger charge is 2.28. The average molecular weight is 345 g/mol. The van der Waals surface area contributed by atoms with E-state index in [0.717, 1.165) is 18.4 Å². The minimum absolute atomic E-state index is 0.0258. The molecule has 1 aliphatic rings. The Morgan fingerprint density at radius 2 is 2.12 bits per heavy atom. The topological polar surface area (TPSA) is 74.1 Å². The van der Waals surface area contributed by atoms with Gasteiger partial charge in [0.1, 0.15) is 12.4 Å². The molecule has 0 spiro atoms. The lowest BCUT2D eigenvalue weighted by atomic mass is 9.89. The normalized spacial score (nSPS) is 18.8. The van der Waals surface area contributed by atoms with Gasteiger partial charge in [-0.05, 0) is 25.3 Å². The lowest BCUT2D eigenvalue weighted by Crippen LogP contribution is -2.26. The standard InChI is InChI=1S/C18H20FN3O3/c1-12(13-7-3-2-4-8-13)22-16(17(19)20-21-22)18(24)25-11-14-9-5-6-10-15(14)23/h2-4,7-8,12,14H,5-6,9-11H2,1H3/t12-,14?/m1/s1. The van der Waals surface area contributed by atoms with Crippen molar-refractivity contribution in [3.63, 3.8) is 0 Å². The van der Waals surface area contributed by atoms with Crippen molar-refractivity contribution in [2.75, 3.05) is 6.61 Å². The molecule has 0 N–H and O–H groups in total. The van der Waals surface area contributed by atoms with E-state index < -0.39 is 11.9 Å². The van der Waals surface area contributed by atoms with E-state index in [1.807, 2.05) is 30.3 Å². The molecule has 3 rings (SSSR count). The Morgan fingerprint density at radius 3 is 2.84 bits per heavy atom. The summed E-state index contributed by atoms with van der Waals surface area (Å²) in [5.74, 6) is -2.01. The predicted molar refractivity (Wildman–Crippen MR) is 87.5 cm³/mol. The zero-order valence-corrected chi connectivity index (χ0v) is 14.0. The van der Waals surface area contributed by atoms with Crippen molar-refractivity contribution in [3.05, 3.63) is 47.5 Å². The third-order valence-electron chi connectivity index (χ3n) is 4.59. The number of carbonyl (C=O) groups is 2. The molecule has 1 heterocycles. The van der Waals surface area contributed by atoms with Gasteiger partial charge in [0.25, 0.3) is 5.95 Å². The first-order valence-corrected chi connectivity index (χ1v) is 8.43. The fourth-order valence-corrected chi connectivity index (χ4v) is 3.07. The van der Waals surface area contributed by atoms with Crippen LogP contribution in [0.5, 0.6) is 0 Å². The number of ether oxygens (including phenoxy) is 1. The van der Waals surface area contributed by atoms with Gasteiger partial charge < -0.3 is 4.74 Å². The number of hydrogen-bond acceptors (Lipinski definition) is 5.